The third-order valence-electron chi connectivity index (χ3n) is 3.14. The van der Waals surface area contributed by atoms with Crippen LogP contribution in [0.2, 0.25) is 0 Å². The normalized spacial score (nSPS) is 11.7. The number of carboxylic acids is 1. The van der Waals surface area contributed by atoms with E-state index in [1.807, 2.05) is 18.2 Å². The standard InChI is InChI=1S/C16H16N2O3/c1-11-13(8-5-9-17-11)16(21)18-14(10-15(19)20)12-6-3-2-4-7-12/h2-9,14H,10H2,1H3,(H,18,21)(H,19,20). The third-order valence-corrected chi connectivity index (χ3v) is 3.14. The molecular formula is C16H16N2O3. The number of nitrogens with one attached hydrogen (secondary N) is 1. The SMILES string of the molecule is Cc1ncccc1C(=O)NC(CC(=O)O)c1ccccc1. The molecule has 1 aromatic carbocycles. The number of rotatable bonds is 5. The number of pyridine rings is 1. The number of amides is 1. The summed E-state index contributed by atoms with van der Waals surface area (Å²) in [5.74, 6) is -1.29. The molecule has 2 rings (SSSR count). The molecule has 5 heteroatoms. The first-order chi connectivity index (χ1) is 10.1. The van der Waals surface area contributed by atoms with E-state index >= 15 is 0 Å². The van der Waals surface area contributed by atoms with Crippen molar-refractivity contribution >= 4 is 11.9 Å². The van der Waals surface area contributed by atoms with Gasteiger partial charge in [0.05, 0.1) is 18.0 Å². The quantitative estimate of drug-likeness (QED) is 0.883. The van der Waals surface area contributed by atoms with E-state index in [4.69, 9.17) is 5.11 Å². The van der Waals surface area contributed by atoms with Crippen molar-refractivity contribution in [3.63, 3.8) is 0 Å². The Labute approximate surface area is 122 Å². The van der Waals surface area contributed by atoms with Gasteiger partial charge in [0.25, 0.3) is 5.91 Å². The molecule has 21 heavy (non-hydrogen) atoms. The molecule has 1 unspecified atom stereocenters. The zero-order valence-corrected chi connectivity index (χ0v) is 11.6. The van der Waals surface area contributed by atoms with Gasteiger partial charge in [-0.25, -0.2) is 0 Å². The van der Waals surface area contributed by atoms with Crippen LogP contribution >= 0.6 is 0 Å². The smallest absolute Gasteiger partial charge is 0.305 e. The van der Waals surface area contributed by atoms with Crippen LogP contribution < -0.4 is 5.32 Å². The van der Waals surface area contributed by atoms with Crippen molar-refractivity contribution in [1.82, 2.24) is 10.3 Å². The van der Waals surface area contributed by atoms with E-state index in [-0.39, 0.29) is 12.3 Å². The Bertz CT molecular complexity index is 641. The van der Waals surface area contributed by atoms with Crippen LogP contribution in [0.25, 0.3) is 0 Å². The van der Waals surface area contributed by atoms with Crippen molar-refractivity contribution in [3.8, 4) is 0 Å². The van der Waals surface area contributed by atoms with E-state index in [0.717, 1.165) is 5.56 Å². The molecule has 1 amide bonds. The van der Waals surface area contributed by atoms with Gasteiger partial charge in [-0.2, -0.15) is 0 Å². The Morgan fingerprint density at radius 2 is 1.90 bits per heavy atom. The van der Waals surface area contributed by atoms with Crippen LogP contribution in [0.5, 0.6) is 0 Å². The van der Waals surface area contributed by atoms with Gasteiger partial charge < -0.3 is 10.4 Å². The molecule has 108 valence electrons. The van der Waals surface area contributed by atoms with Crippen molar-refractivity contribution in [1.29, 1.82) is 0 Å². The molecule has 0 fully saturated rings. The van der Waals surface area contributed by atoms with Gasteiger partial charge in [-0.05, 0) is 24.6 Å². The maximum absolute atomic E-state index is 12.3. The molecule has 1 atom stereocenters. The van der Waals surface area contributed by atoms with Crippen LogP contribution in [-0.2, 0) is 4.79 Å². The van der Waals surface area contributed by atoms with Crippen LogP contribution in [-0.4, -0.2) is 22.0 Å². The topological polar surface area (TPSA) is 79.3 Å². The summed E-state index contributed by atoms with van der Waals surface area (Å²) in [6, 6.07) is 11.8. The lowest BCUT2D eigenvalue weighted by Gasteiger charge is -2.18. The number of aryl methyl sites for hydroxylation is 1. The lowest BCUT2D eigenvalue weighted by molar-refractivity contribution is -0.137. The molecule has 1 aromatic heterocycles. The van der Waals surface area contributed by atoms with Gasteiger partial charge in [-0.15, -0.1) is 0 Å². The van der Waals surface area contributed by atoms with Crippen molar-refractivity contribution in [2.75, 3.05) is 0 Å². The summed E-state index contributed by atoms with van der Waals surface area (Å²) in [6.45, 7) is 1.74. The molecular weight excluding hydrogens is 268 g/mol. The molecule has 0 aliphatic heterocycles. The summed E-state index contributed by atoms with van der Waals surface area (Å²) >= 11 is 0. The van der Waals surface area contributed by atoms with Crippen molar-refractivity contribution in [2.45, 2.75) is 19.4 Å². The predicted molar refractivity (Wildman–Crippen MR) is 77.9 cm³/mol. The summed E-state index contributed by atoms with van der Waals surface area (Å²) in [4.78, 5) is 27.4. The zero-order chi connectivity index (χ0) is 15.2. The summed E-state index contributed by atoms with van der Waals surface area (Å²) < 4.78 is 0. The molecule has 1 heterocycles. The first-order valence-corrected chi connectivity index (χ1v) is 6.57. The number of hydrogen-bond donors (Lipinski definition) is 2. The molecule has 2 aromatic rings. The van der Waals surface area contributed by atoms with Gasteiger partial charge in [-0.1, -0.05) is 30.3 Å². The van der Waals surface area contributed by atoms with Crippen LogP contribution in [0.1, 0.15) is 34.1 Å². The van der Waals surface area contributed by atoms with Gasteiger partial charge in [0.1, 0.15) is 0 Å². The summed E-state index contributed by atoms with van der Waals surface area (Å²) in [5.41, 5.74) is 1.82. The number of nitrogens with zero attached hydrogens (tertiary/aromatic N) is 1. The highest BCUT2D eigenvalue weighted by Crippen LogP contribution is 2.17. The fourth-order valence-electron chi connectivity index (χ4n) is 2.07. The first-order valence-electron chi connectivity index (χ1n) is 6.57. The zero-order valence-electron chi connectivity index (χ0n) is 11.6. The molecule has 0 aliphatic rings. The van der Waals surface area contributed by atoms with Crippen LogP contribution in [0.3, 0.4) is 0 Å². The number of carbonyl (C=O) groups excluding carboxylic acids is 1. The summed E-state index contributed by atoms with van der Waals surface area (Å²) in [7, 11) is 0. The fraction of sp³-hybridized carbons (Fsp3) is 0.188. The van der Waals surface area contributed by atoms with Gasteiger partial charge in [0.2, 0.25) is 0 Å². The summed E-state index contributed by atoms with van der Waals surface area (Å²) in [6.07, 6.45) is 1.44. The lowest BCUT2D eigenvalue weighted by atomic mass is 10.0. The Kier molecular flexibility index (Phi) is 4.66. The molecule has 2 N–H and O–H groups in total. The Balaban J connectivity index is 2.21. The average molecular weight is 284 g/mol. The van der Waals surface area contributed by atoms with Crippen molar-refractivity contribution in [2.24, 2.45) is 0 Å². The van der Waals surface area contributed by atoms with Gasteiger partial charge in [0, 0.05) is 11.9 Å². The fourth-order valence-corrected chi connectivity index (χ4v) is 2.07. The predicted octanol–water partition coefficient (Wildman–Crippen LogP) is 2.34. The molecule has 0 spiro atoms. The highest BCUT2D eigenvalue weighted by Gasteiger charge is 2.19. The van der Waals surface area contributed by atoms with Crippen molar-refractivity contribution in [3.05, 3.63) is 65.5 Å². The number of carbonyl (C=O) groups is 2. The lowest BCUT2D eigenvalue weighted by Crippen LogP contribution is -2.30. The number of carboxylic acid groups (broad SMARTS) is 1. The molecule has 0 saturated heterocycles. The Morgan fingerprint density at radius 3 is 2.52 bits per heavy atom. The minimum Gasteiger partial charge on any atom is -0.481 e. The van der Waals surface area contributed by atoms with Crippen LogP contribution in [0.4, 0.5) is 0 Å². The monoisotopic (exact) mass is 284 g/mol. The minimum absolute atomic E-state index is 0.172. The van der Waals surface area contributed by atoms with Crippen LogP contribution in [0, 0.1) is 6.92 Å². The molecule has 5 nitrogen and oxygen atoms in total. The molecule has 0 saturated carbocycles. The molecule has 0 radical (unpaired) electrons. The van der Waals surface area contributed by atoms with Gasteiger partial charge in [0.15, 0.2) is 0 Å². The molecule has 0 aliphatic carbocycles. The number of aromatic nitrogens is 1. The highest BCUT2D eigenvalue weighted by molar-refractivity contribution is 5.95. The van der Waals surface area contributed by atoms with E-state index < -0.39 is 12.0 Å². The first kappa shape index (κ1) is 14.7. The Hall–Kier alpha value is -2.69. The maximum Gasteiger partial charge on any atom is 0.305 e. The van der Waals surface area contributed by atoms with E-state index in [0.29, 0.717) is 11.3 Å². The van der Waals surface area contributed by atoms with Gasteiger partial charge in [-0.3, -0.25) is 14.6 Å². The second-order valence-electron chi connectivity index (χ2n) is 4.67. The van der Waals surface area contributed by atoms with E-state index in [2.05, 4.69) is 10.3 Å². The maximum atomic E-state index is 12.3. The largest absolute Gasteiger partial charge is 0.481 e. The average Bonchev–Trinajstić information content (AvgIpc) is 2.47. The number of benzene rings is 1. The summed E-state index contributed by atoms with van der Waals surface area (Å²) in [5, 5.41) is 11.8. The van der Waals surface area contributed by atoms with E-state index in [1.165, 1.54) is 0 Å². The number of hydrogen-bond acceptors (Lipinski definition) is 3. The van der Waals surface area contributed by atoms with E-state index in [9.17, 15) is 9.59 Å². The van der Waals surface area contributed by atoms with Gasteiger partial charge >= 0.3 is 5.97 Å². The van der Waals surface area contributed by atoms with Crippen LogP contribution in [0.15, 0.2) is 48.7 Å². The second kappa shape index (κ2) is 6.65. The van der Waals surface area contributed by atoms with E-state index in [1.54, 1.807) is 37.4 Å². The molecule has 0 bridgehead atoms. The minimum atomic E-state index is -0.966. The highest BCUT2D eigenvalue weighted by atomic mass is 16.4. The second-order valence-corrected chi connectivity index (χ2v) is 4.67. The van der Waals surface area contributed by atoms with Crippen molar-refractivity contribution < 1.29 is 14.7 Å². The Morgan fingerprint density at radius 1 is 1.19 bits per heavy atom. The number of aliphatic carboxylic acids is 1. The third kappa shape index (κ3) is 3.89.